The molecular formula is C12H27N3O. The monoisotopic (exact) mass is 229 g/mol. The van der Waals surface area contributed by atoms with Crippen LogP contribution in [0.3, 0.4) is 0 Å². The highest BCUT2D eigenvalue weighted by molar-refractivity contribution is 5.79. The second-order valence-electron chi connectivity index (χ2n) is 4.89. The molecule has 0 aromatic rings. The fraction of sp³-hybridized carbons (Fsp3) is 0.917. The predicted molar refractivity (Wildman–Crippen MR) is 68.2 cm³/mol. The van der Waals surface area contributed by atoms with E-state index in [2.05, 4.69) is 24.3 Å². The van der Waals surface area contributed by atoms with Gasteiger partial charge < -0.3 is 16.0 Å². The minimum absolute atomic E-state index is 0.0474. The van der Waals surface area contributed by atoms with Crippen LogP contribution in [0.1, 0.15) is 26.7 Å². The van der Waals surface area contributed by atoms with Crippen molar-refractivity contribution in [3.63, 3.8) is 0 Å². The Kier molecular flexibility index (Phi) is 8.21. The van der Waals surface area contributed by atoms with E-state index in [1.54, 1.807) is 0 Å². The smallest absolute Gasteiger partial charge is 0.224 e. The quantitative estimate of drug-likeness (QED) is 0.602. The maximum atomic E-state index is 11.7. The summed E-state index contributed by atoms with van der Waals surface area (Å²) in [4.78, 5) is 13.9. The molecule has 0 aliphatic rings. The number of nitrogens with one attached hydrogen (secondary N) is 1. The van der Waals surface area contributed by atoms with Gasteiger partial charge in [-0.1, -0.05) is 13.8 Å². The second-order valence-corrected chi connectivity index (χ2v) is 4.89. The van der Waals surface area contributed by atoms with E-state index < -0.39 is 0 Å². The normalized spacial score (nSPS) is 13.2. The number of rotatable bonds is 8. The first-order valence-electron chi connectivity index (χ1n) is 6.11. The van der Waals surface area contributed by atoms with Gasteiger partial charge in [-0.05, 0) is 39.4 Å². The summed E-state index contributed by atoms with van der Waals surface area (Å²) in [6.45, 7) is 6.32. The molecule has 16 heavy (non-hydrogen) atoms. The molecule has 0 rings (SSSR count). The van der Waals surface area contributed by atoms with Crippen LogP contribution in [0.5, 0.6) is 0 Å². The lowest BCUT2D eigenvalue weighted by atomic mass is 9.95. The summed E-state index contributed by atoms with van der Waals surface area (Å²) in [5, 5.41) is 2.95. The zero-order valence-electron chi connectivity index (χ0n) is 11.1. The summed E-state index contributed by atoms with van der Waals surface area (Å²) >= 11 is 0. The Morgan fingerprint density at radius 1 is 1.31 bits per heavy atom. The average Bonchev–Trinajstić information content (AvgIpc) is 2.17. The van der Waals surface area contributed by atoms with Crippen LogP contribution in [0.2, 0.25) is 0 Å². The molecule has 0 heterocycles. The highest BCUT2D eigenvalue weighted by atomic mass is 16.1. The van der Waals surface area contributed by atoms with Gasteiger partial charge in [-0.15, -0.1) is 0 Å². The van der Waals surface area contributed by atoms with Gasteiger partial charge in [-0.25, -0.2) is 0 Å². The lowest BCUT2D eigenvalue weighted by Crippen LogP contribution is -2.38. The Morgan fingerprint density at radius 3 is 2.38 bits per heavy atom. The van der Waals surface area contributed by atoms with Gasteiger partial charge >= 0.3 is 0 Å². The van der Waals surface area contributed by atoms with Crippen molar-refractivity contribution in [2.45, 2.75) is 26.7 Å². The van der Waals surface area contributed by atoms with Crippen LogP contribution in [0.15, 0.2) is 0 Å². The number of amides is 1. The third-order valence-corrected chi connectivity index (χ3v) is 2.73. The minimum Gasteiger partial charge on any atom is -0.356 e. The number of nitrogens with two attached hydrogens (primary N) is 1. The molecule has 0 fully saturated rings. The maximum absolute atomic E-state index is 11.7. The van der Waals surface area contributed by atoms with Crippen molar-refractivity contribution in [3.8, 4) is 0 Å². The second kappa shape index (κ2) is 8.53. The first-order valence-corrected chi connectivity index (χ1v) is 6.11. The number of carbonyl (C=O) groups is 1. The van der Waals surface area contributed by atoms with Crippen molar-refractivity contribution in [1.29, 1.82) is 0 Å². The Hall–Kier alpha value is -0.610. The Morgan fingerprint density at radius 2 is 1.94 bits per heavy atom. The van der Waals surface area contributed by atoms with Crippen LogP contribution in [0, 0.1) is 11.8 Å². The molecule has 0 aliphatic carbocycles. The summed E-state index contributed by atoms with van der Waals surface area (Å²) in [5.74, 6) is 0.364. The van der Waals surface area contributed by atoms with Crippen LogP contribution in [-0.2, 0) is 4.79 Å². The third-order valence-electron chi connectivity index (χ3n) is 2.73. The van der Waals surface area contributed by atoms with Crippen LogP contribution < -0.4 is 11.1 Å². The highest BCUT2D eigenvalue weighted by Crippen LogP contribution is 2.08. The molecule has 0 aromatic heterocycles. The van der Waals surface area contributed by atoms with Crippen LogP contribution >= 0.6 is 0 Å². The third kappa shape index (κ3) is 6.80. The topological polar surface area (TPSA) is 58.4 Å². The SMILES string of the molecule is CC(C)C(CN)C(=O)NCCCCN(C)C. The molecule has 1 amide bonds. The van der Waals surface area contributed by atoms with Gasteiger partial charge in [0.25, 0.3) is 0 Å². The van der Waals surface area contributed by atoms with Crippen LogP contribution in [-0.4, -0.2) is 44.5 Å². The van der Waals surface area contributed by atoms with Gasteiger partial charge in [0.1, 0.15) is 0 Å². The lowest BCUT2D eigenvalue weighted by molar-refractivity contribution is -0.125. The van der Waals surface area contributed by atoms with E-state index in [1.165, 1.54) is 0 Å². The molecule has 0 radical (unpaired) electrons. The van der Waals surface area contributed by atoms with Gasteiger partial charge in [0.2, 0.25) is 5.91 Å². The maximum Gasteiger partial charge on any atom is 0.224 e. The van der Waals surface area contributed by atoms with Crippen molar-refractivity contribution >= 4 is 5.91 Å². The highest BCUT2D eigenvalue weighted by Gasteiger charge is 2.19. The first-order chi connectivity index (χ1) is 7.49. The molecule has 96 valence electrons. The standard InChI is InChI=1S/C12H27N3O/c1-10(2)11(9-13)12(16)14-7-5-6-8-15(3)4/h10-11H,5-9,13H2,1-4H3,(H,14,16). The van der Waals surface area contributed by atoms with Crippen molar-refractivity contribution in [2.75, 3.05) is 33.7 Å². The summed E-state index contributed by atoms with van der Waals surface area (Å²) in [6.07, 6.45) is 2.14. The van der Waals surface area contributed by atoms with E-state index in [-0.39, 0.29) is 11.8 Å². The molecule has 3 N–H and O–H groups in total. The van der Waals surface area contributed by atoms with Crippen molar-refractivity contribution in [3.05, 3.63) is 0 Å². The van der Waals surface area contributed by atoms with Crippen molar-refractivity contribution in [2.24, 2.45) is 17.6 Å². The van der Waals surface area contributed by atoms with Gasteiger partial charge in [0, 0.05) is 13.1 Å². The molecule has 0 saturated carbocycles. The molecule has 1 atom stereocenters. The predicted octanol–water partition coefficient (Wildman–Crippen LogP) is 0.675. The lowest BCUT2D eigenvalue weighted by Gasteiger charge is -2.18. The fourth-order valence-electron chi connectivity index (χ4n) is 1.58. The molecule has 0 bridgehead atoms. The number of hydrogen-bond acceptors (Lipinski definition) is 3. The molecular weight excluding hydrogens is 202 g/mol. The molecule has 0 aromatic carbocycles. The Bertz CT molecular complexity index is 193. The number of carbonyl (C=O) groups excluding carboxylic acids is 1. The van der Waals surface area contributed by atoms with Gasteiger partial charge in [0.15, 0.2) is 0 Å². The average molecular weight is 229 g/mol. The summed E-state index contributed by atoms with van der Waals surface area (Å²) < 4.78 is 0. The molecule has 0 spiro atoms. The van der Waals surface area contributed by atoms with E-state index in [9.17, 15) is 4.79 Å². The zero-order chi connectivity index (χ0) is 12.6. The van der Waals surface area contributed by atoms with Crippen LogP contribution in [0.25, 0.3) is 0 Å². The molecule has 4 nitrogen and oxygen atoms in total. The number of hydrogen-bond donors (Lipinski definition) is 2. The van der Waals surface area contributed by atoms with Gasteiger partial charge in [-0.3, -0.25) is 4.79 Å². The molecule has 0 aliphatic heterocycles. The first kappa shape index (κ1) is 15.4. The number of nitrogens with zero attached hydrogens (tertiary/aromatic N) is 1. The summed E-state index contributed by atoms with van der Waals surface area (Å²) in [5.41, 5.74) is 5.58. The molecule has 0 saturated heterocycles. The fourth-order valence-corrected chi connectivity index (χ4v) is 1.58. The van der Waals surface area contributed by atoms with E-state index in [4.69, 9.17) is 5.73 Å². The summed E-state index contributed by atoms with van der Waals surface area (Å²) in [7, 11) is 4.11. The zero-order valence-corrected chi connectivity index (χ0v) is 11.1. The van der Waals surface area contributed by atoms with E-state index in [0.29, 0.717) is 12.5 Å². The largest absolute Gasteiger partial charge is 0.356 e. The van der Waals surface area contributed by atoms with E-state index in [0.717, 1.165) is 25.9 Å². The van der Waals surface area contributed by atoms with E-state index >= 15 is 0 Å². The number of unbranched alkanes of at least 4 members (excludes halogenated alkanes) is 1. The van der Waals surface area contributed by atoms with E-state index in [1.807, 2.05) is 13.8 Å². The van der Waals surface area contributed by atoms with Crippen molar-refractivity contribution < 1.29 is 4.79 Å². The van der Waals surface area contributed by atoms with Crippen molar-refractivity contribution in [1.82, 2.24) is 10.2 Å². The molecule has 4 heteroatoms. The Labute approximate surface area is 99.6 Å². The minimum atomic E-state index is -0.0474. The molecule has 1 unspecified atom stereocenters. The van der Waals surface area contributed by atoms with Crippen LogP contribution in [0.4, 0.5) is 0 Å². The van der Waals surface area contributed by atoms with Gasteiger partial charge in [-0.2, -0.15) is 0 Å². The van der Waals surface area contributed by atoms with Gasteiger partial charge in [0.05, 0.1) is 5.92 Å². The Balaban J connectivity index is 3.64. The summed E-state index contributed by atoms with van der Waals surface area (Å²) in [6, 6.07) is 0.